The molecule has 0 aromatic heterocycles. The summed E-state index contributed by atoms with van der Waals surface area (Å²) >= 11 is 0. The van der Waals surface area contributed by atoms with Gasteiger partial charge in [0.25, 0.3) is 0 Å². The lowest BCUT2D eigenvalue weighted by Crippen LogP contribution is -2.46. The van der Waals surface area contributed by atoms with Crippen molar-refractivity contribution in [3.63, 3.8) is 0 Å². The normalized spacial score (nSPS) is 11.6. The topological polar surface area (TPSA) is 96.5 Å². The Morgan fingerprint density at radius 1 is 0.833 bits per heavy atom. The minimum atomic E-state index is -0.506. The molecular formula is C17H33N3O4. The van der Waals surface area contributed by atoms with Crippen molar-refractivity contribution in [1.82, 2.24) is 16.0 Å². The van der Waals surface area contributed by atoms with Crippen LogP contribution in [0.1, 0.15) is 58.8 Å². The molecule has 3 N–H and O–H groups in total. The Kier molecular flexibility index (Phi) is 13.9. The van der Waals surface area contributed by atoms with Crippen molar-refractivity contribution in [2.75, 3.05) is 26.8 Å². The number of rotatable bonds is 14. The highest BCUT2D eigenvalue weighted by molar-refractivity contribution is 5.86. The van der Waals surface area contributed by atoms with Crippen molar-refractivity contribution in [2.24, 2.45) is 0 Å². The first-order chi connectivity index (χ1) is 11.5. The average molecular weight is 343 g/mol. The van der Waals surface area contributed by atoms with Gasteiger partial charge in [0.05, 0.1) is 0 Å². The van der Waals surface area contributed by atoms with Crippen molar-refractivity contribution >= 4 is 17.7 Å². The monoisotopic (exact) mass is 343 g/mol. The van der Waals surface area contributed by atoms with E-state index in [4.69, 9.17) is 4.74 Å². The van der Waals surface area contributed by atoms with E-state index in [1.54, 1.807) is 7.11 Å². The third-order valence-corrected chi connectivity index (χ3v) is 3.56. The highest BCUT2D eigenvalue weighted by Crippen LogP contribution is 2.03. The van der Waals surface area contributed by atoms with E-state index >= 15 is 0 Å². The maximum Gasteiger partial charge on any atom is 0.242 e. The van der Waals surface area contributed by atoms with Gasteiger partial charge in [-0.3, -0.25) is 14.4 Å². The van der Waals surface area contributed by atoms with E-state index in [1.807, 2.05) is 0 Å². The van der Waals surface area contributed by atoms with Crippen LogP contribution < -0.4 is 16.0 Å². The molecule has 140 valence electrons. The summed E-state index contributed by atoms with van der Waals surface area (Å²) in [5.41, 5.74) is 0. The van der Waals surface area contributed by atoms with E-state index in [-0.39, 0.29) is 17.7 Å². The van der Waals surface area contributed by atoms with Gasteiger partial charge in [-0.25, -0.2) is 0 Å². The predicted molar refractivity (Wildman–Crippen MR) is 93.5 cm³/mol. The minimum Gasteiger partial charge on any atom is -0.385 e. The van der Waals surface area contributed by atoms with E-state index in [1.165, 1.54) is 13.8 Å². The van der Waals surface area contributed by atoms with Crippen molar-refractivity contribution in [1.29, 1.82) is 0 Å². The summed E-state index contributed by atoms with van der Waals surface area (Å²) in [6, 6.07) is -0.506. The maximum absolute atomic E-state index is 12.2. The van der Waals surface area contributed by atoms with Crippen molar-refractivity contribution in [3.8, 4) is 0 Å². The van der Waals surface area contributed by atoms with Crippen LogP contribution in [-0.2, 0) is 19.1 Å². The number of hydrogen-bond acceptors (Lipinski definition) is 4. The standard InChI is InChI=1S/C17H33N3O4/c1-14(21)18-11-8-6-10-16(20-15(2)22)17(23)19-12-7-4-5-9-13-24-3/h16H,4-13H2,1-3H3,(H,18,21)(H,19,23)(H,20,22)/t16-/m0/s1. The molecule has 24 heavy (non-hydrogen) atoms. The van der Waals surface area contributed by atoms with Crippen LogP contribution >= 0.6 is 0 Å². The number of carbonyl (C=O) groups excluding carboxylic acids is 3. The molecule has 0 rings (SSSR count). The molecule has 7 heteroatoms. The van der Waals surface area contributed by atoms with Crippen LogP contribution in [0.4, 0.5) is 0 Å². The summed E-state index contributed by atoms with van der Waals surface area (Å²) in [6.45, 7) is 4.87. The van der Waals surface area contributed by atoms with Crippen molar-refractivity contribution < 1.29 is 19.1 Å². The number of nitrogens with one attached hydrogen (secondary N) is 3. The molecule has 0 fully saturated rings. The largest absolute Gasteiger partial charge is 0.385 e. The molecule has 0 heterocycles. The Balaban J connectivity index is 3.94. The third kappa shape index (κ3) is 14.0. The lowest BCUT2D eigenvalue weighted by atomic mass is 10.1. The zero-order valence-electron chi connectivity index (χ0n) is 15.3. The summed E-state index contributed by atoms with van der Waals surface area (Å²) in [6.07, 6.45) is 6.20. The van der Waals surface area contributed by atoms with Crippen LogP contribution in [0.15, 0.2) is 0 Å². The van der Waals surface area contributed by atoms with Crippen LogP contribution in [0.25, 0.3) is 0 Å². The summed E-state index contributed by atoms with van der Waals surface area (Å²) in [7, 11) is 1.69. The highest BCUT2D eigenvalue weighted by Gasteiger charge is 2.18. The number of hydrogen-bond donors (Lipinski definition) is 3. The smallest absolute Gasteiger partial charge is 0.242 e. The van der Waals surface area contributed by atoms with Crippen LogP contribution in [0.2, 0.25) is 0 Å². The molecular weight excluding hydrogens is 310 g/mol. The number of amides is 3. The number of ether oxygens (including phenoxy) is 1. The maximum atomic E-state index is 12.2. The molecule has 0 aliphatic carbocycles. The summed E-state index contributed by atoms with van der Waals surface area (Å²) in [5, 5.41) is 8.29. The Labute approximate surface area is 145 Å². The highest BCUT2D eigenvalue weighted by atomic mass is 16.5. The summed E-state index contributed by atoms with van der Waals surface area (Å²) in [4.78, 5) is 34.2. The zero-order valence-corrected chi connectivity index (χ0v) is 15.3. The van der Waals surface area contributed by atoms with Crippen LogP contribution in [0.5, 0.6) is 0 Å². The number of carbonyl (C=O) groups is 3. The molecule has 0 spiro atoms. The quantitative estimate of drug-likeness (QED) is 0.412. The third-order valence-electron chi connectivity index (χ3n) is 3.56. The van der Waals surface area contributed by atoms with E-state index < -0.39 is 6.04 Å². The molecule has 0 saturated heterocycles. The summed E-state index contributed by atoms with van der Waals surface area (Å²) in [5.74, 6) is -0.408. The molecule has 0 bridgehead atoms. The second kappa shape index (κ2) is 14.9. The first kappa shape index (κ1) is 22.4. The molecule has 3 amide bonds. The predicted octanol–water partition coefficient (Wildman–Crippen LogP) is 1.12. The Bertz CT molecular complexity index is 375. The van der Waals surface area contributed by atoms with Gasteiger partial charge < -0.3 is 20.7 Å². The van der Waals surface area contributed by atoms with Gasteiger partial charge in [-0.1, -0.05) is 12.8 Å². The molecule has 7 nitrogen and oxygen atoms in total. The molecule has 0 aromatic carbocycles. The van der Waals surface area contributed by atoms with Gasteiger partial charge >= 0.3 is 0 Å². The van der Waals surface area contributed by atoms with Gasteiger partial charge in [0.2, 0.25) is 17.7 Å². The summed E-state index contributed by atoms with van der Waals surface area (Å²) < 4.78 is 4.99. The van der Waals surface area contributed by atoms with Gasteiger partial charge in [0, 0.05) is 40.7 Å². The fraction of sp³-hybridized carbons (Fsp3) is 0.824. The second-order valence-electron chi connectivity index (χ2n) is 5.93. The van der Waals surface area contributed by atoms with Gasteiger partial charge in [-0.2, -0.15) is 0 Å². The molecule has 1 atom stereocenters. The molecule has 0 unspecified atom stereocenters. The Morgan fingerprint density at radius 3 is 2.08 bits per heavy atom. The van der Waals surface area contributed by atoms with E-state index in [0.717, 1.165) is 45.1 Å². The van der Waals surface area contributed by atoms with Gasteiger partial charge in [0.15, 0.2) is 0 Å². The van der Waals surface area contributed by atoms with Gasteiger partial charge in [0.1, 0.15) is 6.04 Å². The van der Waals surface area contributed by atoms with Crippen LogP contribution in [-0.4, -0.2) is 50.6 Å². The second-order valence-corrected chi connectivity index (χ2v) is 5.93. The first-order valence-corrected chi connectivity index (χ1v) is 8.75. The van der Waals surface area contributed by atoms with Crippen LogP contribution in [0, 0.1) is 0 Å². The molecule has 0 radical (unpaired) electrons. The zero-order chi connectivity index (χ0) is 18.2. The molecule has 0 aliphatic rings. The van der Waals surface area contributed by atoms with Crippen molar-refractivity contribution in [2.45, 2.75) is 64.8 Å². The lowest BCUT2D eigenvalue weighted by molar-refractivity contribution is -0.128. The Hall–Kier alpha value is -1.63. The Morgan fingerprint density at radius 2 is 1.46 bits per heavy atom. The van der Waals surface area contributed by atoms with Crippen molar-refractivity contribution in [3.05, 3.63) is 0 Å². The van der Waals surface area contributed by atoms with E-state index in [0.29, 0.717) is 19.5 Å². The van der Waals surface area contributed by atoms with E-state index in [2.05, 4.69) is 16.0 Å². The number of methoxy groups -OCH3 is 1. The molecule has 0 aliphatic heterocycles. The van der Waals surface area contributed by atoms with Crippen LogP contribution in [0.3, 0.4) is 0 Å². The average Bonchev–Trinajstić information content (AvgIpc) is 2.51. The number of unbranched alkanes of at least 4 members (excludes halogenated alkanes) is 4. The fourth-order valence-electron chi connectivity index (χ4n) is 2.31. The first-order valence-electron chi connectivity index (χ1n) is 8.75. The fourth-order valence-corrected chi connectivity index (χ4v) is 2.31. The van der Waals surface area contributed by atoms with Gasteiger partial charge in [-0.05, 0) is 32.1 Å². The molecule has 0 saturated carbocycles. The molecule has 0 aromatic rings. The van der Waals surface area contributed by atoms with E-state index in [9.17, 15) is 14.4 Å². The van der Waals surface area contributed by atoms with Gasteiger partial charge in [-0.15, -0.1) is 0 Å². The lowest BCUT2D eigenvalue weighted by Gasteiger charge is -2.17. The minimum absolute atomic E-state index is 0.0587. The SMILES string of the molecule is COCCCCCCNC(=O)[C@H](CCCCNC(C)=O)NC(C)=O.